The van der Waals surface area contributed by atoms with Gasteiger partial charge in [-0.25, -0.2) is 8.78 Å². The van der Waals surface area contributed by atoms with Crippen LogP contribution < -0.4 is 10.5 Å². The number of methoxy groups -OCH3 is 1. The monoisotopic (exact) mass is 277 g/mol. The molecule has 2 N–H and O–H groups in total. The molecule has 1 unspecified atom stereocenters. The molecule has 106 valence electrons. The van der Waals surface area contributed by atoms with Gasteiger partial charge in [0.1, 0.15) is 17.4 Å². The molecule has 2 aromatic rings. The van der Waals surface area contributed by atoms with E-state index < -0.39 is 17.7 Å². The lowest BCUT2D eigenvalue weighted by Crippen LogP contribution is -2.15. The summed E-state index contributed by atoms with van der Waals surface area (Å²) >= 11 is 0. The molecule has 4 heteroatoms. The molecule has 0 spiro atoms. The average molecular weight is 277 g/mol. The maximum atomic E-state index is 13.8. The van der Waals surface area contributed by atoms with Gasteiger partial charge in [-0.3, -0.25) is 0 Å². The quantitative estimate of drug-likeness (QED) is 0.928. The first kappa shape index (κ1) is 14.5. The van der Waals surface area contributed by atoms with Crippen molar-refractivity contribution < 1.29 is 13.5 Å². The Hall–Kier alpha value is -1.94. The lowest BCUT2D eigenvalue weighted by atomic mass is 9.97. The van der Waals surface area contributed by atoms with Crippen molar-refractivity contribution in [3.63, 3.8) is 0 Å². The number of aryl methyl sites for hydroxylation is 1. The molecule has 0 bridgehead atoms. The van der Waals surface area contributed by atoms with Gasteiger partial charge in [0.15, 0.2) is 0 Å². The second-order valence-corrected chi connectivity index (χ2v) is 4.78. The summed E-state index contributed by atoms with van der Waals surface area (Å²) in [5.74, 6) is -0.400. The lowest BCUT2D eigenvalue weighted by molar-refractivity contribution is 0.414. The Labute approximate surface area is 117 Å². The standard InChI is InChI=1S/C16H17F2NO/c1-10-7-13(15(18)9-14(10)17)16(19)8-11-3-5-12(20-2)6-4-11/h3-7,9,16H,8,19H2,1-2H3. The fraction of sp³-hybridized carbons (Fsp3) is 0.250. The second-order valence-electron chi connectivity index (χ2n) is 4.78. The van der Waals surface area contributed by atoms with Crippen LogP contribution in [0.1, 0.15) is 22.7 Å². The van der Waals surface area contributed by atoms with Crippen LogP contribution in [0.15, 0.2) is 36.4 Å². The number of halogens is 2. The van der Waals surface area contributed by atoms with Crippen LogP contribution in [0.3, 0.4) is 0 Å². The van der Waals surface area contributed by atoms with Crippen molar-refractivity contribution in [2.24, 2.45) is 5.73 Å². The summed E-state index contributed by atoms with van der Waals surface area (Å²) in [5, 5.41) is 0. The first-order chi connectivity index (χ1) is 9.51. The van der Waals surface area contributed by atoms with E-state index in [4.69, 9.17) is 10.5 Å². The molecule has 0 saturated carbocycles. The summed E-state index contributed by atoms with van der Waals surface area (Å²) in [6, 6.07) is 9.27. The summed E-state index contributed by atoms with van der Waals surface area (Å²) in [6.07, 6.45) is 0.478. The van der Waals surface area contributed by atoms with Crippen LogP contribution in [0.2, 0.25) is 0 Å². The van der Waals surface area contributed by atoms with Crippen LogP contribution in [-0.2, 0) is 6.42 Å². The first-order valence-corrected chi connectivity index (χ1v) is 6.35. The highest BCUT2D eigenvalue weighted by molar-refractivity contribution is 5.32. The summed E-state index contributed by atoms with van der Waals surface area (Å²) in [5.41, 5.74) is 7.72. The third-order valence-electron chi connectivity index (χ3n) is 3.29. The number of hydrogen-bond acceptors (Lipinski definition) is 2. The first-order valence-electron chi connectivity index (χ1n) is 6.35. The molecular formula is C16H17F2NO. The smallest absolute Gasteiger partial charge is 0.130 e. The zero-order valence-corrected chi connectivity index (χ0v) is 11.5. The van der Waals surface area contributed by atoms with Gasteiger partial charge < -0.3 is 10.5 Å². The van der Waals surface area contributed by atoms with Crippen molar-refractivity contribution in [2.45, 2.75) is 19.4 Å². The Morgan fingerprint density at radius 3 is 2.35 bits per heavy atom. The van der Waals surface area contributed by atoms with Gasteiger partial charge in [0.25, 0.3) is 0 Å². The summed E-state index contributed by atoms with van der Waals surface area (Å²) in [4.78, 5) is 0. The van der Waals surface area contributed by atoms with Gasteiger partial charge in [-0.2, -0.15) is 0 Å². The van der Waals surface area contributed by atoms with Gasteiger partial charge >= 0.3 is 0 Å². The molecular weight excluding hydrogens is 260 g/mol. The highest BCUT2D eigenvalue weighted by Crippen LogP contribution is 2.23. The molecule has 20 heavy (non-hydrogen) atoms. The van der Waals surface area contributed by atoms with Gasteiger partial charge in [0.05, 0.1) is 7.11 Å². The van der Waals surface area contributed by atoms with Crippen LogP contribution in [-0.4, -0.2) is 7.11 Å². The molecule has 0 aliphatic heterocycles. The molecule has 0 radical (unpaired) electrons. The minimum Gasteiger partial charge on any atom is -0.497 e. The van der Waals surface area contributed by atoms with Gasteiger partial charge in [-0.15, -0.1) is 0 Å². The zero-order valence-electron chi connectivity index (χ0n) is 11.5. The molecule has 0 fully saturated rings. The molecule has 0 aliphatic rings. The Kier molecular flexibility index (Phi) is 4.35. The van der Waals surface area contributed by atoms with E-state index in [1.54, 1.807) is 14.0 Å². The topological polar surface area (TPSA) is 35.2 Å². The van der Waals surface area contributed by atoms with Gasteiger partial charge in [0.2, 0.25) is 0 Å². The van der Waals surface area contributed by atoms with Crippen LogP contribution in [0.4, 0.5) is 8.78 Å². The lowest BCUT2D eigenvalue weighted by Gasteiger charge is -2.14. The fourth-order valence-corrected chi connectivity index (χ4v) is 2.09. The number of ether oxygens (including phenoxy) is 1. The third kappa shape index (κ3) is 3.14. The van der Waals surface area contributed by atoms with Crippen molar-refractivity contribution in [3.8, 4) is 5.75 Å². The number of rotatable bonds is 4. The zero-order chi connectivity index (χ0) is 14.7. The van der Waals surface area contributed by atoms with E-state index in [-0.39, 0.29) is 0 Å². The van der Waals surface area contributed by atoms with E-state index in [1.807, 2.05) is 24.3 Å². The summed E-state index contributed by atoms with van der Waals surface area (Å²) < 4.78 is 32.1. The minimum absolute atomic E-state index is 0.333. The van der Waals surface area contributed by atoms with E-state index in [1.165, 1.54) is 6.07 Å². The number of hydrogen-bond donors (Lipinski definition) is 1. The molecule has 0 amide bonds. The van der Waals surface area contributed by atoms with E-state index in [0.29, 0.717) is 17.5 Å². The van der Waals surface area contributed by atoms with Crippen molar-refractivity contribution >= 4 is 0 Å². The minimum atomic E-state index is -0.603. The highest BCUT2D eigenvalue weighted by atomic mass is 19.1. The van der Waals surface area contributed by atoms with Crippen molar-refractivity contribution in [1.29, 1.82) is 0 Å². The van der Waals surface area contributed by atoms with Crippen molar-refractivity contribution in [2.75, 3.05) is 7.11 Å². The van der Waals surface area contributed by atoms with Gasteiger partial charge in [0, 0.05) is 17.7 Å². The Morgan fingerprint density at radius 2 is 1.75 bits per heavy atom. The Morgan fingerprint density at radius 1 is 1.10 bits per heavy atom. The molecule has 0 heterocycles. The average Bonchev–Trinajstić information content (AvgIpc) is 2.43. The second kappa shape index (κ2) is 6.01. The molecule has 1 atom stereocenters. The fourth-order valence-electron chi connectivity index (χ4n) is 2.09. The van der Waals surface area contributed by atoms with Gasteiger partial charge in [-0.1, -0.05) is 12.1 Å². The van der Waals surface area contributed by atoms with Gasteiger partial charge in [-0.05, 0) is 42.7 Å². The van der Waals surface area contributed by atoms with Crippen molar-refractivity contribution in [3.05, 3.63) is 64.7 Å². The van der Waals surface area contributed by atoms with E-state index in [0.717, 1.165) is 17.4 Å². The number of nitrogens with two attached hydrogens (primary N) is 1. The molecule has 0 aliphatic carbocycles. The summed E-state index contributed by atoms with van der Waals surface area (Å²) in [6.45, 7) is 1.60. The maximum absolute atomic E-state index is 13.8. The number of benzene rings is 2. The van der Waals surface area contributed by atoms with Crippen LogP contribution in [0.25, 0.3) is 0 Å². The largest absolute Gasteiger partial charge is 0.497 e. The molecule has 2 rings (SSSR count). The highest BCUT2D eigenvalue weighted by Gasteiger charge is 2.14. The third-order valence-corrected chi connectivity index (χ3v) is 3.29. The summed E-state index contributed by atoms with van der Waals surface area (Å²) in [7, 11) is 1.59. The van der Waals surface area contributed by atoms with Crippen LogP contribution in [0, 0.1) is 18.6 Å². The molecule has 0 aromatic heterocycles. The Bertz CT molecular complexity index is 596. The maximum Gasteiger partial charge on any atom is 0.130 e. The SMILES string of the molecule is COc1ccc(CC(N)c2cc(C)c(F)cc2F)cc1. The Balaban J connectivity index is 2.18. The van der Waals surface area contributed by atoms with E-state index in [2.05, 4.69) is 0 Å². The predicted octanol–water partition coefficient (Wildman–Crippen LogP) is 3.52. The molecule has 2 nitrogen and oxygen atoms in total. The molecule has 2 aromatic carbocycles. The van der Waals surface area contributed by atoms with Crippen molar-refractivity contribution in [1.82, 2.24) is 0 Å². The van der Waals surface area contributed by atoms with E-state index >= 15 is 0 Å². The van der Waals surface area contributed by atoms with E-state index in [9.17, 15) is 8.78 Å². The van der Waals surface area contributed by atoms with Crippen LogP contribution >= 0.6 is 0 Å². The normalized spacial score (nSPS) is 12.2. The van der Waals surface area contributed by atoms with Crippen LogP contribution in [0.5, 0.6) is 5.75 Å². The predicted molar refractivity (Wildman–Crippen MR) is 74.7 cm³/mol. The molecule has 0 saturated heterocycles.